The summed E-state index contributed by atoms with van der Waals surface area (Å²) in [5.74, 6) is 0. The van der Waals surface area contributed by atoms with E-state index in [2.05, 4.69) is 63.7 Å². The molecule has 1 atom stereocenters. The Morgan fingerprint density at radius 2 is 2.00 bits per heavy atom. The first kappa shape index (κ1) is 13.3. The lowest BCUT2D eigenvalue weighted by Gasteiger charge is -2.14. The summed E-state index contributed by atoms with van der Waals surface area (Å²) in [5, 5.41) is 7.86. The van der Waals surface area contributed by atoms with Crippen LogP contribution < -0.4 is 5.32 Å². The molecule has 0 aliphatic heterocycles. The number of halogens is 1. The highest BCUT2D eigenvalue weighted by Gasteiger charge is 2.07. The molecule has 1 aromatic heterocycles. The van der Waals surface area contributed by atoms with Crippen LogP contribution in [0.25, 0.3) is 0 Å². The Bertz CT molecular complexity index is 516. The largest absolute Gasteiger partial charge is 0.306 e. The van der Waals surface area contributed by atoms with Gasteiger partial charge in [0.2, 0.25) is 0 Å². The molecular formula is C14H18BrN3. The van der Waals surface area contributed by atoms with Gasteiger partial charge in [0.25, 0.3) is 0 Å². The van der Waals surface area contributed by atoms with Crippen LogP contribution >= 0.6 is 15.9 Å². The van der Waals surface area contributed by atoms with Crippen molar-refractivity contribution in [1.29, 1.82) is 0 Å². The Morgan fingerprint density at radius 1 is 1.33 bits per heavy atom. The molecular weight excluding hydrogens is 290 g/mol. The SMILES string of the molecule is Cc1nn(C)cc1CNC(C)c1ccc(Br)cc1. The number of hydrogen-bond donors (Lipinski definition) is 1. The van der Waals surface area contributed by atoms with Gasteiger partial charge < -0.3 is 5.32 Å². The molecule has 4 heteroatoms. The van der Waals surface area contributed by atoms with Gasteiger partial charge in [-0.15, -0.1) is 0 Å². The Balaban J connectivity index is 1.98. The fourth-order valence-corrected chi connectivity index (χ4v) is 2.22. The third-order valence-electron chi connectivity index (χ3n) is 3.08. The topological polar surface area (TPSA) is 29.9 Å². The van der Waals surface area contributed by atoms with Crippen LogP contribution in [0.2, 0.25) is 0 Å². The van der Waals surface area contributed by atoms with Crippen LogP contribution in [-0.2, 0) is 13.6 Å². The maximum Gasteiger partial charge on any atom is 0.0638 e. The van der Waals surface area contributed by atoms with Gasteiger partial charge in [0, 0.05) is 35.9 Å². The van der Waals surface area contributed by atoms with E-state index < -0.39 is 0 Å². The molecule has 0 aliphatic carbocycles. The first-order chi connectivity index (χ1) is 8.56. The third-order valence-corrected chi connectivity index (χ3v) is 3.61. The van der Waals surface area contributed by atoms with Crippen molar-refractivity contribution in [1.82, 2.24) is 15.1 Å². The second-order valence-corrected chi connectivity index (χ2v) is 5.48. The fourth-order valence-electron chi connectivity index (χ4n) is 1.95. The molecule has 0 radical (unpaired) electrons. The van der Waals surface area contributed by atoms with Gasteiger partial charge in [0.05, 0.1) is 5.69 Å². The number of rotatable bonds is 4. The van der Waals surface area contributed by atoms with Crippen LogP contribution in [0, 0.1) is 6.92 Å². The van der Waals surface area contributed by atoms with Crippen LogP contribution in [0.3, 0.4) is 0 Å². The summed E-state index contributed by atoms with van der Waals surface area (Å²) in [6, 6.07) is 8.75. The van der Waals surface area contributed by atoms with E-state index in [1.165, 1.54) is 11.1 Å². The zero-order valence-corrected chi connectivity index (χ0v) is 12.5. The lowest BCUT2D eigenvalue weighted by atomic mass is 10.1. The molecule has 2 rings (SSSR count). The number of nitrogens with zero attached hydrogens (tertiary/aromatic N) is 2. The number of benzene rings is 1. The molecule has 1 heterocycles. The Labute approximate surface area is 116 Å². The monoisotopic (exact) mass is 307 g/mol. The summed E-state index contributed by atoms with van der Waals surface area (Å²) < 4.78 is 2.97. The molecule has 0 spiro atoms. The molecule has 18 heavy (non-hydrogen) atoms. The molecule has 96 valence electrons. The predicted molar refractivity (Wildman–Crippen MR) is 77.3 cm³/mol. The van der Waals surface area contributed by atoms with Crippen molar-refractivity contribution in [3.8, 4) is 0 Å². The summed E-state index contributed by atoms with van der Waals surface area (Å²) in [7, 11) is 1.95. The van der Waals surface area contributed by atoms with Crippen LogP contribution in [0.5, 0.6) is 0 Å². The summed E-state index contributed by atoms with van der Waals surface area (Å²) in [4.78, 5) is 0. The van der Waals surface area contributed by atoms with E-state index in [0.717, 1.165) is 16.7 Å². The number of aryl methyl sites for hydroxylation is 2. The lowest BCUT2D eigenvalue weighted by molar-refractivity contribution is 0.573. The minimum atomic E-state index is 0.331. The standard InChI is InChI=1S/C14H18BrN3/c1-10(12-4-6-14(15)7-5-12)16-8-13-9-18(3)17-11(13)2/h4-7,9-10,16H,8H2,1-3H3. The van der Waals surface area contributed by atoms with Gasteiger partial charge in [-0.1, -0.05) is 28.1 Å². The van der Waals surface area contributed by atoms with E-state index in [1.807, 2.05) is 18.7 Å². The van der Waals surface area contributed by atoms with Crippen molar-refractivity contribution >= 4 is 15.9 Å². The van der Waals surface area contributed by atoms with E-state index in [4.69, 9.17) is 0 Å². The van der Waals surface area contributed by atoms with Gasteiger partial charge in [-0.2, -0.15) is 5.10 Å². The van der Waals surface area contributed by atoms with E-state index in [1.54, 1.807) is 0 Å². The normalized spacial score (nSPS) is 12.7. The highest BCUT2D eigenvalue weighted by Crippen LogP contribution is 2.17. The second kappa shape index (κ2) is 5.67. The molecule has 1 unspecified atom stereocenters. The van der Waals surface area contributed by atoms with Gasteiger partial charge in [-0.25, -0.2) is 0 Å². The highest BCUT2D eigenvalue weighted by atomic mass is 79.9. The average molecular weight is 308 g/mol. The number of aromatic nitrogens is 2. The molecule has 0 saturated heterocycles. The van der Waals surface area contributed by atoms with E-state index in [0.29, 0.717) is 6.04 Å². The molecule has 1 N–H and O–H groups in total. The molecule has 0 bridgehead atoms. The summed E-state index contributed by atoms with van der Waals surface area (Å²) in [6.07, 6.45) is 2.07. The number of hydrogen-bond acceptors (Lipinski definition) is 2. The highest BCUT2D eigenvalue weighted by molar-refractivity contribution is 9.10. The molecule has 0 aliphatic rings. The quantitative estimate of drug-likeness (QED) is 0.939. The van der Waals surface area contributed by atoms with Crippen molar-refractivity contribution in [2.24, 2.45) is 7.05 Å². The van der Waals surface area contributed by atoms with Gasteiger partial charge in [-0.05, 0) is 31.5 Å². The molecule has 0 saturated carbocycles. The van der Waals surface area contributed by atoms with Gasteiger partial charge in [-0.3, -0.25) is 4.68 Å². The van der Waals surface area contributed by atoms with Gasteiger partial charge in [0.15, 0.2) is 0 Å². The number of nitrogens with one attached hydrogen (secondary N) is 1. The lowest BCUT2D eigenvalue weighted by Crippen LogP contribution is -2.18. The first-order valence-electron chi connectivity index (χ1n) is 6.04. The fraction of sp³-hybridized carbons (Fsp3) is 0.357. The zero-order chi connectivity index (χ0) is 13.1. The molecule has 0 amide bonds. The second-order valence-electron chi connectivity index (χ2n) is 4.57. The van der Waals surface area contributed by atoms with Gasteiger partial charge >= 0.3 is 0 Å². The molecule has 2 aromatic rings. The van der Waals surface area contributed by atoms with Crippen molar-refractivity contribution < 1.29 is 0 Å². The van der Waals surface area contributed by atoms with Crippen LogP contribution in [0.1, 0.15) is 29.8 Å². The van der Waals surface area contributed by atoms with E-state index >= 15 is 0 Å². The first-order valence-corrected chi connectivity index (χ1v) is 6.83. The van der Waals surface area contributed by atoms with E-state index in [9.17, 15) is 0 Å². The maximum atomic E-state index is 4.34. The Morgan fingerprint density at radius 3 is 2.56 bits per heavy atom. The maximum absolute atomic E-state index is 4.34. The predicted octanol–water partition coefficient (Wildman–Crippen LogP) is 3.34. The van der Waals surface area contributed by atoms with Crippen molar-refractivity contribution in [3.63, 3.8) is 0 Å². The Hall–Kier alpha value is -1.13. The van der Waals surface area contributed by atoms with Crippen LogP contribution in [-0.4, -0.2) is 9.78 Å². The molecule has 0 fully saturated rings. The summed E-state index contributed by atoms with van der Waals surface area (Å²) >= 11 is 3.45. The molecule has 1 aromatic carbocycles. The Kier molecular flexibility index (Phi) is 4.19. The zero-order valence-electron chi connectivity index (χ0n) is 10.9. The molecule has 3 nitrogen and oxygen atoms in total. The van der Waals surface area contributed by atoms with E-state index in [-0.39, 0.29) is 0 Å². The smallest absolute Gasteiger partial charge is 0.0638 e. The summed E-state index contributed by atoms with van der Waals surface area (Å²) in [6.45, 7) is 5.06. The minimum absolute atomic E-state index is 0.331. The van der Waals surface area contributed by atoms with Crippen LogP contribution in [0.15, 0.2) is 34.9 Å². The summed E-state index contributed by atoms with van der Waals surface area (Å²) in [5.41, 5.74) is 3.63. The third kappa shape index (κ3) is 3.21. The average Bonchev–Trinajstić information content (AvgIpc) is 2.66. The van der Waals surface area contributed by atoms with Crippen molar-refractivity contribution in [2.45, 2.75) is 26.4 Å². The van der Waals surface area contributed by atoms with Crippen molar-refractivity contribution in [3.05, 3.63) is 51.8 Å². The van der Waals surface area contributed by atoms with Crippen LogP contribution in [0.4, 0.5) is 0 Å². The van der Waals surface area contributed by atoms with Crippen molar-refractivity contribution in [2.75, 3.05) is 0 Å². The van der Waals surface area contributed by atoms with Gasteiger partial charge in [0.1, 0.15) is 0 Å². The minimum Gasteiger partial charge on any atom is -0.306 e.